The van der Waals surface area contributed by atoms with Gasteiger partial charge in [0.1, 0.15) is 0 Å². The van der Waals surface area contributed by atoms with Crippen molar-refractivity contribution in [2.75, 3.05) is 26.2 Å². The molecule has 0 bridgehead atoms. The molecule has 0 aromatic heterocycles. The summed E-state index contributed by atoms with van der Waals surface area (Å²) in [5.41, 5.74) is 2.54. The van der Waals surface area contributed by atoms with Crippen LogP contribution in [0.4, 0.5) is 0 Å². The van der Waals surface area contributed by atoms with Crippen molar-refractivity contribution in [2.24, 2.45) is 52.3 Å². The van der Waals surface area contributed by atoms with E-state index in [1.165, 1.54) is 57.8 Å². The zero-order valence-corrected chi connectivity index (χ0v) is 26.4. The molecule has 9 atom stereocenters. The van der Waals surface area contributed by atoms with E-state index >= 15 is 0 Å². The van der Waals surface area contributed by atoms with Crippen molar-refractivity contribution in [1.29, 1.82) is 0 Å². The first-order valence-electron chi connectivity index (χ1n) is 16.6. The van der Waals surface area contributed by atoms with Gasteiger partial charge < -0.3 is 4.52 Å². The Morgan fingerprint density at radius 3 is 2.32 bits per heavy atom. The van der Waals surface area contributed by atoms with Crippen LogP contribution < -0.4 is 0 Å². The first kappa shape index (κ1) is 28.0. The van der Waals surface area contributed by atoms with E-state index in [4.69, 9.17) is 4.52 Å². The van der Waals surface area contributed by atoms with Crippen molar-refractivity contribution in [3.8, 4) is 0 Å². The van der Waals surface area contributed by atoms with Gasteiger partial charge in [0.15, 0.2) is 0 Å². The van der Waals surface area contributed by atoms with Crippen molar-refractivity contribution in [1.82, 2.24) is 9.34 Å². The fourth-order valence-electron chi connectivity index (χ4n) is 10.5. The summed E-state index contributed by atoms with van der Waals surface area (Å²) in [6.45, 7) is 18.9. The highest BCUT2D eigenvalue weighted by Gasteiger charge is 2.60. The van der Waals surface area contributed by atoms with Gasteiger partial charge in [-0.1, -0.05) is 66.0 Å². The molecule has 4 aliphatic carbocycles. The van der Waals surface area contributed by atoms with Gasteiger partial charge >= 0.3 is 7.67 Å². The molecule has 2 aliphatic heterocycles. The third-order valence-corrected chi connectivity index (χ3v) is 15.9. The van der Waals surface area contributed by atoms with Crippen molar-refractivity contribution < 1.29 is 9.09 Å². The smallest absolute Gasteiger partial charge is 0.302 e. The third kappa shape index (κ3) is 4.74. The second kappa shape index (κ2) is 10.3. The van der Waals surface area contributed by atoms with Gasteiger partial charge in [-0.05, 0) is 110 Å². The molecule has 0 N–H and O–H groups in total. The molecule has 6 aliphatic rings. The van der Waals surface area contributed by atoms with Crippen LogP contribution in [0, 0.1) is 52.3 Å². The summed E-state index contributed by atoms with van der Waals surface area (Å²) in [4.78, 5) is 0. The number of hydrogen-bond donors (Lipinski definition) is 0. The molecule has 0 radical (unpaired) electrons. The van der Waals surface area contributed by atoms with Gasteiger partial charge in [-0.15, -0.1) is 0 Å². The van der Waals surface area contributed by atoms with Gasteiger partial charge in [-0.3, -0.25) is 4.57 Å². The fraction of sp³-hybridized carbons (Fsp3) is 0.939. The van der Waals surface area contributed by atoms with Gasteiger partial charge in [-0.2, -0.15) is 0 Å². The van der Waals surface area contributed by atoms with E-state index < -0.39 is 7.67 Å². The molecule has 0 spiro atoms. The summed E-state index contributed by atoms with van der Waals surface area (Å²) in [6, 6.07) is 0. The van der Waals surface area contributed by atoms with Crippen molar-refractivity contribution >= 4 is 7.67 Å². The van der Waals surface area contributed by atoms with E-state index in [0.29, 0.717) is 10.8 Å². The molecule has 38 heavy (non-hydrogen) atoms. The lowest BCUT2D eigenvalue weighted by Gasteiger charge is -2.58. The highest BCUT2D eigenvalue weighted by Crippen LogP contribution is 2.68. The van der Waals surface area contributed by atoms with E-state index in [1.807, 2.05) is 0 Å². The zero-order chi connectivity index (χ0) is 26.9. The van der Waals surface area contributed by atoms with Crippen LogP contribution in [-0.2, 0) is 9.09 Å². The summed E-state index contributed by atoms with van der Waals surface area (Å²) in [7, 11) is -2.73. The maximum absolute atomic E-state index is 13.7. The van der Waals surface area contributed by atoms with Gasteiger partial charge in [0.05, 0.1) is 6.10 Å². The summed E-state index contributed by atoms with van der Waals surface area (Å²) >= 11 is 0. The molecular weight excluding hydrogens is 487 g/mol. The van der Waals surface area contributed by atoms with E-state index in [2.05, 4.69) is 57.0 Å². The van der Waals surface area contributed by atoms with Crippen LogP contribution in [0.15, 0.2) is 11.6 Å². The third-order valence-electron chi connectivity index (χ3n) is 13.1. The highest BCUT2D eigenvalue weighted by molar-refractivity contribution is 7.54. The van der Waals surface area contributed by atoms with Gasteiger partial charge in [-0.25, -0.2) is 9.34 Å². The van der Waals surface area contributed by atoms with Crippen LogP contribution in [0.1, 0.15) is 112 Å². The predicted molar refractivity (Wildman–Crippen MR) is 158 cm³/mol. The van der Waals surface area contributed by atoms with Crippen LogP contribution in [0.3, 0.4) is 0 Å². The summed E-state index contributed by atoms with van der Waals surface area (Å²) < 4.78 is 24.3. The Morgan fingerprint density at radius 2 is 1.68 bits per heavy atom. The Morgan fingerprint density at radius 1 is 0.974 bits per heavy atom. The molecule has 1 unspecified atom stereocenters. The van der Waals surface area contributed by atoms with Crippen LogP contribution in [-0.4, -0.2) is 41.6 Å². The number of hydrogen-bond acceptors (Lipinski definition) is 2. The highest BCUT2D eigenvalue weighted by atomic mass is 31.2. The Kier molecular flexibility index (Phi) is 7.58. The van der Waals surface area contributed by atoms with Crippen LogP contribution in [0.5, 0.6) is 0 Å². The Balaban J connectivity index is 1.13. The maximum atomic E-state index is 13.7. The normalized spacial score (nSPS) is 42.7. The molecule has 0 aromatic carbocycles. The lowest BCUT2D eigenvalue weighted by Crippen LogP contribution is -2.51. The molecule has 5 heteroatoms. The van der Waals surface area contributed by atoms with Crippen LogP contribution >= 0.6 is 7.67 Å². The molecule has 0 amide bonds. The topological polar surface area (TPSA) is 32.3 Å². The Labute approximate surface area is 234 Å². The van der Waals surface area contributed by atoms with E-state index in [1.54, 1.807) is 5.57 Å². The van der Waals surface area contributed by atoms with E-state index in [-0.39, 0.29) is 6.10 Å². The van der Waals surface area contributed by atoms with Crippen LogP contribution in [0.25, 0.3) is 0 Å². The number of rotatable bonds is 10. The lowest BCUT2D eigenvalue weighted by atomic mass is 9.47. The summed E-state index contributed by atoms with van der Waals surface area (Å²) in [5, 5.41) is 0. The van der Waals surface area contributed by atoms with E-state index in [9.17, 15) is 4.57 Å². The first-order chi connectivity index (χ1) is 18.1. The van der Waals surface area contributed by atoms with Gasteiger partial charge in [0.2, 0.25) is 0 Å². The predicted octanol–water partition coefficient (Wildman–Crippen LogP) is 8.79. The minimum Gasteiger partial charge on any atom is -0.302 e. The minimum atomic E-state index is -2.73. The zero-order valence-electron chi connectivity index (χ0n) is 25.5. The largest absolute Gasteiger partial charge is 0.346 e. The molecule has 2 heterocycles. The quantitative estimate of drug-likeness (QED) is 0.156. The molecule has 2 saturated heterocycles. The number of nitrogens with zero attached hydrogens (tertiary/aromatic N) is 2. The number of allylic oxidation sites excluding steroid dienone is 1. The second-order valence-electron chi connectivity index (χ2n) is 15.3. The Bertz CT molecular complexity index is 941. The summed E-state index contributed by atoms with van der Waals surface area (Å²) in [5.74, 6) is 6.13. The maximum Gasteiger partial charge on any atom is 0.346 e. The van der Waals surface area contributed by atoms with Gasteiger partial charge in [0, 0.05) is 26.2 Å². The molecule has 3 saturated carbocycles. The lowest BCUT2D eigenvalue weighted by molar-refractivity contribution is -0.0564. The molecular formula is C33H57N2O2P. The van der Waals surface area contributed by atoms with Crippen molar-refractivity contribution in [3.63, 3.8) is 0 Å². The minimum absolute atomic E-state index is 0.140. The molecule has 4 nitrogen and oxygen atoms in total. The molecule has 6 rings (SSSR count). The monoisotopic (exact) mass is 544 g/mol. The molecule has 216 valence electrons. The second-order valence-corrected chi connectivity index (χ2v) is 17.6. The standard InChI is InChI=1S/C33H57N2O2P/c1-7-25(23(2)3)9-8-24(4)29-12-13-30-28-11-10-26-22-27(37-38(36,34-18-19-34)35-20-21-35)14-16-32(26,5)31(28)15-17-33(29,30)6/h10,23-25,27-31H,7-9,11-22H2,1-6H3/t24-,25-,27+,28+,29?,30+,31+,32+,33-/m1/s1. The number of fused-ring (bicyclic) bond motifs is 5. The van der Waals surface area contributed by atoms with E-state index in [0.717, 1.165) is 80.4 Å². The van der Waals surface area contributed by atoms with Crippen molar-refractivity contribution in [2.45, 2.75) is 118 Å². The summed E-state index contributed by atoms with van der Waals surface area (Å²) in [6.07, 6.45) is 17.4. The fourth-order valence-corrected chi connectivity index (χ4v) is 12.9. The van der Waals surface area contributed by atoms with Crippen LogP contribution in [0.2, 0.25) is 0 Å². The SMILES string of the molecule is CC[C@H](CC[C@@H](C)C1CC[C@H]2[C@@H]3CC=C4C[C@@H](OP(=O)(N5CC5)N5CC5)CC[C@]4(C)[C@H]3CC[C@]12C)C(C)C. The first-order valence-corrected chi connectivity index (χ1v) is 18.1. The molecule has 0 aromatic rings. The average molecular weight is 545 g/mol. The van der Waals surface area contributed by atoms with Crippen molar-refractivity contribution in [3.05, 3.63) is 11.6 Å². The molecule has 5 fully saturated rings. The average Bonchev–Trinajstić information content (AvgIpc) is 3.79. The van der Waals surface area contributed by atoms with Gasteiger partial charge in [0.25, 0.3) is 0 Å². The Hall–Kier alpha value is -0.150.